The lowest BCUT2D eigenvalue weighted by atomic mass is 10.1. The lowest BCUT2D eigenvalue weighted by molar-refractivity contribution is 0.0951. The van der Waals surface area contributed by atoms with Gasteiger partial charge in [0.15, 0.2) is 4.77 Å². The van der Waals surface area contributed by atoms with Crippen molar-refractivity contribution in [3.8, 4) is 5.75 Å². The van der Waals surface area contributed by atoms with Gasteiger partial charge in [0.1, 0.15) is 5.75 Å². The molecular formula is C18H17N3O3S. The average Bonchev–Trinajstić information content (AvgIpc) is 2.59. The van der Waals surface area contributed by atoms with E-state index in [1.807, 2.05) is 31.2 Å². The number of aromatic amines is 2. The number of carbonyl (C=O) groups is 1. The number of fused-ring (bicyclic) bond motifs is 1. The third-order valence-electron chi connectivity index (χ3n) is 3.66. The van der Waals surface area contributed by atoms with Crippen molar-refractivity contribution in [2.45, 2.75) is 13.5 Å². The van der Waals surface area contributed by atoms with Crippen molar-refractivity contribution in [3.63, 3.8) is 0 Å². The van der Waals surface area contributed by atoms with Crippen LogP contribution in [0.2, 0.25) is 0 Å². The summed E-state index contributed by atoms with van der Waals surface area (Å²) in [5, 5.41) is 3.31. The Labute approximate surface area is 148 Å². The maximum atomic E-state index is 12.4. The molecule has 0 spiro atoms. The molecule has 0 aliphatic heterocycles. The van der Waals surface area contributed by atoms with E-state index in [1.54, 1.807) is 18.2 Å². The normalized spacial score (nSPS) is 10.6. The summed E-state index contributed by atoms with van der Waals surface area (Å²) in [5.41, 5.74) is 1.64. The summed E-state index contributed by atoms with van der Waals surface area (Å²) in [6, 6.07) is 12.4. The Bertz CT molecular complexity index is 1040. The molecule has 1 amide bonds. The second-order valence-corrected chi connectivity index (χ2v) is 5.84. The molecule has 0 aliphatic rings. The Kier molecular flexibility index (Phi) is 4.95. The van der Waals surface area contributed by atoms with Crippen LogP contribution in [0.4, 0.5) is 0 Å². The van der Waals surface area contributed by atoms with E-state index < -0.39 is 0 Å². The third-order valence-corrected chi connectivity index (χ3v) is 3.87. The Morgan fingerprint density at radius 1 is 1.20 bits per heavy atom. The van der Waals surface area contributed by atoms with E-state index in [0.29, 0.717) is 29.6 Å². The SMILES string of the molecule is CCOc1cccc(CNC(=O)c2ccc3c(=O)[nH]c(=S)[nH]c3c2)c1. The van der Waals surface area contributed by atoms with E-state index in [2.05, 4.69) is 15.3 Å². The summed E-state index contributed by atoms with van der Waals surface area (Å²) in [6.45, 7) is 2.89. The van der Waals surface area contributed by atoms with Crippen LogP contribution in [0.25, 0.3) is 10.9 Å². The fourth-order valence-electron chi connectivity index (χ4n) is 2.51. The van der Waals surface area contributed by atoms with Gasteiger partial charge in [-0.15, -0.1) is 0 Å². The molecule has 25 heavy (non-hydrogen) atoms. The second kappa shape index (κ2) is 7.31. The van der Waals surface area contributed by atoms with Gasteiger partial charge in [-0.05, 0) is 55.0 Å². The van der Waals surface area contributed by atoms with Gasteiger partial charge in [0, 0.05) is 12.1 Å². The maximum absolute atomic E-state index is 12.4. The van der Waals surface area contributed by atoms with Crippen LogP contribution in [0, 0.1) is 4.77 Å². The van der Waals surface area contributed by atoms with Crippen molar-refractivity contribution in [2.24, 2.45) is 0 Å². The van der Waals surface area contributed by atoms with E-state index in [0.717, 1.165) is 11.3 Å². The molecule has 7 heteroatoms. The molecule has 2 aromatic carbocycles. The van der Waals surface area contributed by atoms with E-state index in [1.165, 1.54) is 0 Å². The van der Waals surface area contributed by atoms with Crippen molar-refractivity contribution in [2.75, 3.05) is 6.61 Å². The van der Waals surface area contributed by atoms with E-state index >= 15 is 0 Å². The number of H-pyrrole nitrogens is 2. The molecule has 0 saturated heterocycles. The van der Waals surface area contributed by atoms with Crippen molar-refractivity contribution < 1.29 is 9.53 Å². The lowest BCUT2D eigenvalue weighted by Gasteiger charge is -2.08. The number of hydrogen-bond acceptors (Lipinski definition) is 4. The van der Waals surface area contributed by atoms with Gasteiger partial charge in [-0.2, -0.15) is 0 Å². The summed E-state index contributed by atoms with van der Waals surface area (Å²) in [4.78, 5) is 29.6. The molecule has 3 N–H and O–H groups in total. The zero-order valence-corrected chi connectivity index (χ0v) is 14.4. The Balaban J connectivity index is 1.77. The molecule has 1 heterocycles. The first kappa shape index (κ1) is 16.9. The Hall–Kier alpha value is -2.93. The van der Waals surface area contributed by atoms with Crippen LogP contribution in [0.5, 0.6) is 5.75 Å². The first-order valence-electron chi connectivity index (χ1n) is 7.83. The van der Waals surface area contributed by atoms with Gasteiger partial charge in [-0.1, -0.05) is 12.1 Å². The third kappa shape index (κ3) is 3.95. The molecule has 3 rings (SSSR count). The fourth-order valence-corrected chi connectivity index (χ4v) is 2.71. The van der Waals surface area contributed by atoms with Gasteiger partial charge >= 0.3 is 0 Å². The van der Waals surface area contributed by atoms with Crippen LogP contribution in [-0.4, -0.2) is 22.5 Å². The molecule has 0 atom stereocenters. The van der Waals surface area contributed by atoms with Gasteiger partial charge in [0.05, 0.1) is 17.5 Å². The highest BCUT2D eigenvalue weighted by Gasteiger charge is 2.08. The smallest absolute Gasteiger partial charge is 0.259 e. The molecule has 1 aromatic heterocycles. The first-order chi connectivity index (χ1) is 12.1. The van der Waals surface area contributed by atoms with E-state index in [-0.39, 0.29) is 16.2 Å². The number of hydrogen-bond donors (Lipinski definition) is 3. The first-order valence-corrected chi connectivity index (χ1v) is 8.24. The number of rotatable bonds is 5. The minimum atomic E-state index is -0.279. The van der Waals surface area contributed by atoms with Crippen LogP contribution in [-0.2, 0) is 6.54 Å². The largest absolute Gasteiger partial charge is 0.494 e. The quantitative estimate of drug-likeness (QED) is 0.614. The fraction of sp³-hybridized carbons (Fsp3) is 0.167. The highest BCUT2D eigenvalue weighted by atomic mass is 32.1. The topological polar surface area (TPSA) is 87.0 Å². The number of ether oxygens (including phenoxy) is 1. The average molecular weight is 355 g/mol. The van der Waals surface area contributed by atoms with Crippen LogP contribution < -0.4 is 15.6 Å². The predicted molar refractivity (Wildman–Crippen MR) is 98.5 cm³/mol. The van der Waals surface area contributed by atoms with Crippen molar-refractivity contribution in [1.82, 2.24) is 15.3 Å². The molecule has 0 unspecified atom stereocenters. The van der Waals surface area contributed by atoms with Gasteiger partial charge in [-0.3, -0.25) is 14.6 Å². The molecule has 0 bridgehead atoms. The standard InChI is InChI=1S/C18H17N3O3S/c1-2-24-13-5-3-4-11(8-13)10-19-16(22)12-6-7-14-15(9-12)20-18(25)21-17(14)23/h3-9H,2,10H2,1H3,(H,19,22)(H2,20,21,23,25). The van der Waals surface area contributed by atoms with E-state index in [4.69, 9.17) is 17.0 Å². The summed E-state index contributed by atoms with van der Waals surface area (Å²) in [7, 11) is 0. The number of benzene rings is 2. The summed E-state index contributed by atoms with van der Waals surface area (Å²) < 4.78 is 5.67. The Morgan fingerprint density at radius 3 is 2.84 bits per heavy atom. The minimum Gasteiger partial charge on any atom is -0.494 e. The summed E-state index contributed by atoms with van der Waals surface area (Å²) in [5.74, 6) is 0.537. The zero-order valence-electron chi connectivity index (χ0n) is 13.6. The van der Waals surface area contributed by atoms with E-state index in [9.17, 15) is 9.59 Å². The summed E-state index contributed by atoms with van der Waals surface area (Å²) >= 11 is 4.96. The van der Waals surface area contributed by atoms with Crippen molar-refractivity contribution >= 4 is 29.0 Å². The van der Waals surface area contributed by atoms with Gasteiger partial charge in [0.2, 0.25) is 0 Å². The monoisotopic (exact) mass is 355 g/mol. The highest BCUT2D eigenvalue weighted by molar-refractivity contribution is 7.71. The summed E-state index contributed by atoms with van der Waals surface area (Å²) in [6.07, 6.45) is 0. The molecule has 0 fully saturated rings. The number of aromatic nitrogens is 2. The molecule has 0 radical (unpaired) electrons. The zero-order chi connectivity index (χ0) is 17.8. The predicted octanol–water partition coefficient (Wildman–Crippen LogP) is 2.91. The van der Waals surface area contributed by atoms with Crippen LogP contribution >= 0.6 is 12.2 Å². The van der Waals surface area contributed by atoms with Crippen LogP contribution in [0.15, 0.2) is 47.3 Å². The van der Waals surface area contributed by atoms with Crippen molar-refractivity contribution in [1.29, 1.82) is 0 Å². The number of carbonyl (C=O) groups excluding carboxylic acids is 1. The second-order valence-electron chi connectivity index (χ2n) is 5.43. The molecule has 0 saturated carbocycles. The van der Waals surface area contributed by atoms with Gasteiger partial charge in [0.25, 0.3) is 11.5 Å². The highest BCUT2D eigenvalue weighted by Crippen LogP contribution is 2.14. The number of amides is 1. The minimum absolute atomic E-state index is 0.225. The van der Waals surface area contributed by atoms with Crippen LogP contribution in [0.3, 0.4) is 0 Å². The van der Waals surface area contributed by atoms with Crippen LogP contribution in [0.1, 0.15) is 22.8 Å². The molecule has 0 aliphatic carbocycles. The molecule has 128 valence electrons. The van der Waals surface area contributed by atoms with Gasteiger partial charge in [-0.25, -0.2) is 0 Å². The maximum Gasteiger partial charge on any atom is 0.259 e. The number of nitrogens with one attached hydrogen (secondary N) is 3. The molecule has 3 aromatic rings. The van der Waals surface area contributed by atoms with Crippen molar-refractivity contribution in [3.05, 3.63) is 68.7 Å². The molecule has 6 nitrogen and oxygen atoms in total. The van der Waals surface area contributed by atoms with Gasteiger partial charge < -0.3 is 15.0 Å². The molecular weight excluding hydrogens is 338 g/mol. The lowest BCUT2D eigenvalue weighted by Crippen LogP contribution is -2.23. The Morgan fingerprint density at radius 2 is 2.04 bits per heavy atom.